The fourth-order valence-corrected chi connectivity index (χ4v) is 4.35. The van der Waals surface area contributed by atoms with E-state index in [9.17, 15) is 9.90 Å². The van der Waals surface area contributed by atoms with Gasteiger partial charge in [0.2, 0.25) is 0 Å². The summed E-state index contributed by atoms with van der Waals surface area (Å²) < 4.78 is 5.27. The Morgan fingerprint density at radius 2 is 1.81 bits per heavy atom. The van der Waals surface area contributed by atoms with Gasteiger partial charge in [-0.25, -0.2) is 0 Å². The smallest absolute Gasteiger partial charge is 0.169 e. The van der Waals surface area contributed by atoms with Crippen molar-refractivity contribution in [2.24, 2.45) is 11.7 Å². The molecule has 0 atom stereocenters. The Balaban J connectivity index is 1.83. The van der Waals surface area contributed by atoms with Gasteiger partial charge in [-0.15, -0.1) is 0 Å². The molecule has 0 spiro atoms. The highest BCUT2D eigenvalue weighted by Gasteiger charge is 2.23. The first-order valence-corrected chi connectivity index (χ1v) is 11.2. The van der Waals surface area contributed by atoms with Crippen LogP contribution in [0.3, 0.4) is 0 Å². The molecule has 32 heavy (non-hydrogen) atoms. The number of aromatic hydroxyl groups is 1. The van der Waals surface area contributed by atoms with Gasteiger partial charge in [0.05, 0.1) is 23.9 Å². The van der Waals surface area contributed by atoms with Crippen molar-refractivity contribution in [3.63, 3.8) is 0 Å². The molecule has 6 nitrogen and oxygen atoms in total. The number of aromatic nitrogens is 1. The summed E-state index contributed by atoms with van der Waals surface area (Å²) in [5.74, 6) is 0.466. The molecular weight excluding hydrogens is 402 g/mol. The Bertz CT molecular complexity index is 1130. The number of ether oxygens (including phenoxy) is 1. The Labute approximate surface area is 188 Å². The molecule has 1 aliphatic carbocycles. The van der Waals surface area contributed by atoms with Gasteiger partial charge < -0.3 is 20.9 Å². The molecule has 0 bridgehead atoms. The number of anilines is 1. The fraction of sp³-hybridized carbons (Fsp3) is 0.385. The van der Waals surface area contributed by atoms with Gasteiger partial charge in [0.25, 0.3) is 0 Å². The third-order valence-electron chi connectivity index (χ3n) is 6.29. The second-order valence-electron chi connectivity index (χ2n) is 8.94. The number of phenols is 1. The molecule has 0 amide bonds. The number of carbonyl (C=O) groups excluding carboxylic acids is 1. The number of phenolic OH excluding ortho intramolecular Hbond substituents is 1. The van der Waals surface area contributed by atoms with Crippen molar-refractivity contribution in [1.82, 2.24) is 4.98 Å². The second-order valence-corrected chi connectivity index (χ2v) is 8.94. The topological polar surface area (TPSA) is 97.5 Å². The van der Waals surface area contributed by atoms with E-state index < -0.39 is 0 Å². The highest BCUT2D eigenvalue weighted by atomic mass is 16.5. The molecule has 1 fully saturated rings. The van der Waals surface area contributed by atoms with Gasteiger partial charge in [0.1, 0.15) is 0 Å². The van der Waals surface area contributed by atoms with E-state index >= 15 is 0 Å². The quantitative estimate of drug-likeness (QED) is 0.466. The number of Topliss-reactive ketones (excluding diaryl/α,β-unsaturated/α-hetero) is 1. The summed E-state index contributed by atoms with van der Waals surface area (Å²) in [6.07, 6.45) is 5.62. The zero-order valence-corrected chi connectivity index (χ0v) is 18.9. The number of benzene rings is 2. The minimum Gasteiger partial charge on any atom is -0.504 e. The minimum absolute atomic E-state index is 0.0751. The lowest BCUT2D eigenvalue weighted by Crippen LogP contribution is -2.33. The minimum atomic E-state index is -0.126. The summed E-state index contributed by atoms with van der Waals surface area (Å²) in [4.78, 5) is 17.6. The third kappa shape index (κ3) is 4.41. The number of fused-ring (bicyclic) bond motifs is 1. The van der Waals surface area contributed by atoms with E-state index in [1.807, 2.05) is 38.1 Å². The van der Waals surface area contributed by atoms with E-state index in [4.69, 9.17) is 10.5 Å². The first-order valence-electron chi connectivity index (χ1n) is 11.2. The lowest BCUT2D eigenvalue weighted by Gasteiger charge is -2.29. The predicted octanol–water partition coefficient (Wildman–Crippen LogP) is 5.14. The summed E-state index contributed by atoms with van der Waals surface area (Å²) in [6, 6.07) is 11.8. The zero-order chi connectivity index (χ0) is 22.8. The number of pyridine rings is 1. The van der Waals surface area contributed by atoms with Gasteiger partial charge in [-0.1, -0.05) is 26.0 Å². The molecular formula is C26H31N3O3. The Morgan fingerprint density at radius 1 is 1.12 bits per heavy atom. The molecule has 2 aromatic carbocycles. The van der Waals surface area contributed by atoms with E-state index in [1.165, 1.54) is 7.11 Å². The maximum absolute atomic E-state index is 13.0. The zero-order valence-electron chi connectivity index (χ0n) is 18.9. The summed E-state index contributed by atoms with van der Waals surface area (Å²) >= 11 is 0. The molecule has 0 saturated heterocycles. The van der Waals surface area contributed by atoms with E-state index in [0.717, 1.165) is 53.4 Å². The van der Waals surface area contributed by atoms with Crippen molar-refractivity contribution < 1.29 is 14.6 Å². The van der Waals surface area contributed by atoms with Crippen molar-refractivity contribution in [3.05, 3.63) is 48.2 Å². The van der Waals surface area contributed by atoms with Crippen molar-refractivity contribution in [2.45, 2.75) is 51.6 Å². The van der Waals surface area contributed by atoms with Crippen LogP contribution in [0, 0.1) is 5.92 Å². The van der Waals surface area contributed by atoms with E-state index in [1.54, 1.807) is 12.3 Å². The van der Waals surface area contributed by atoms with E-state index in [-0.39, 0.29) is 29.5 Å². The van der Waals surface area contributed by atoms with Gasteiger partial charge >= 0.3 is 0 Å². The van der Waals surface area contributed by atoms with Gasteiger partial charge in [-0.2, -0.15) is 0 Å². The van der Waals surface area contributed by atoms with Crippen LogP contribution in [0.5, 0.6) is 11.5 Å². The highest BCUT2D eigenvalue weighted by Crippen LogP contribution is 2.36. The lowest BCUT2D eigenvalue weighted by atomic mass is 9.90. The SMILES string of the molecule is COc1cc(-c2ccc3ncc(C(=O)C(C)C)c(N[C@H]4CC[C@H](N)CC4)c3c2)ccc1O. The van der Waals surface area contributed by atoms with Crippen LogP contribution in [0.25, 0.3) is 22.0 Å². The predicted molar refractivity (Wildman–Crippen MR) is 128 cm³/mol. The summed E-state index contributed by atoms with van der Waals surface area (Å²) in [5.41, 5.74) is 10.3. The molecule has 4 N–H and O–H groups in total. The Morgan fingerprint density at radius 3 is 2.50 bits per heavy atom. The highest BCUT2D eigenvalue weighted by molar-refractivity contribution is 6.09. The van der Waals surface area contributed by atoms with Crippen LogP contribution < -0.4 is 15.8 Å². The van der Waals surface area contributed by atoms with Gasteiger partial charge in [0, 0.05) is 29.6 Å². The molecule has 168 valence electrons. The van der Waals surface area contributed by atoms with Crippen molar-refractivity contribution >= 4 is 22.4 Å². The Kier molecular flexibility index (Phi) is 6.33. The van der Waals surface area contributed by atoms with Crippen LogP contribution in [0.1, 0.15) is 49.9 Å². The van der Waals surface area contributed by atoms with Crippen LogP contribution in [0.2, 0.25) is 0 Å². The third-order valence-corrected chi connectivity index (χ3v) is 6.29. The molecule has 1 heterocycles. The van der Waals surface area contributed by atoms with Gasteiger partial charge in [0.15, 0.2) is 17.3 Å². The number of methoxy groups -OCH3 is 1. The molecule has 4 rings (SSSR count). The van der Waals surface area contributed by atoms with E-state index in [0.29, 0.717) is 11.3 Å². The molecule has 3 aromatic rings. The van der Waals surface area contributed by atoms with Crippen LogP contribution >= 0.6 is 0 Å². The fourth-order valence-electron chi connectivity index (χ4n) is 4.35. The van der Waals surface area contributed by atoms with Crippen molar-refractivity contribution in [3.8, 4) is 22.6 Å². The number of hydrogen-bond acceptors (Lipinski definition) is 6. The standard InChI is InChI=1S/C26H31N3O3/c1-15(2)26(31)21-14-28-22-10-4-16(17-5-11-23(30)24(13-17)32-3)12-20(22)25(21)29-19-8-6-18(27)7-9-19/h4-5,10-15,18-19,30H,6-9,27H2,1-3H3,(H,28,29)/t18-,19-. The molecule has 1 saturated carbocycles. The number of nitrogens with zero attached hydrogens (tertiary/aromatic N) is 1. The molecule has 0 aliphatic heterocycles. The summed E-state index contributed by atoms with van der Waals surface area (Å²) in [7, 11) is 1.53. The number of nitrogens with two attached hydrogens (primary N) is 1. The number of carbonyl (C=O) groups is 1. The first-order chi connectivity index (χ1) is 15.4. The average Bonchev–Trinajstić information content (AvgIpc) is 2.80. The van der Waals surface area contributed by atoms with E-state index in [2.05, 4.69) is 16.4 Å². The van der Waals surface area contributed by atoms with Crippen LogP contribution in [-0.4, -0.2) is 35.1 Å². The maximum atomic E-state index is 13.0. The first kappa shape index (κ1) is 22.1. The molecule has 0 unspecified atom stereocenters. The Hall–Kier alpha value is -3.12. The largest absolute Gasteiger partial charge is 0.504 e. The maximum Gasteiger partial charge on any atom is 0.169 e. The number of nitrogens with one attached hydrogen (secondary N) is 1. The van der Waals surface area contributed by atoms with Crippen molar-refractivity contribution in [2.75, 3.05) is 12.4 Å². The average molecular weight is 434 g/mol. The van der Waals surface area contributed by atoms with Crippen LogP contribution in [-0.2, 0) is 0 Å². The molecule has 6 heteroatoms. The molecule has 0 radical (unpaired) electrons. The normalized spacial score (nSPS) is 18.7. The summed E-state index contributed by atoms with van der Waals surface area (Å²) in [6.45, 7) is 3.82. The number of ketones is 1. The monoisotopic (exact) mass is 433 g/mol. The number of rotatable bonds is 6. The lowest BCUT2D eigenvalue weighted by molar-refractivity contribution is 0.0940. The van der Waals surface area contributed by atoms with Gasteiger partial charge in [-0.3, -0.25) is 9.78 Å². The summed E-state index contributed by atoms with van der Waals surface area (Å²) in [5, 5.41) is 14.5. The second kappa shape index (κ2) is 9.17. The molecule has 1 aromatic heterocycles. The van der Waals surface area contributed by atoms with Crippen molar-refractivity contribution in [1.29, 1.82) is 0 Å². The van der Waals surface area contributed by atoms with Crippen LogP contribution in [0.15, 0.2) is 42.6 Å². The molecule has 1 aliphatic rings. The number of hydrogen-bond donors (Lipinski definition) is 3. The van der Waals surface area contributed by atoms with Gasteiger partial charge in [-0.05, 0) is 61.1 Å². The van der Waals surface area contributed by atoms with Crippen LogP contribution in [0.4, 0.5) is 5.69 Å².